The molecule has 7 nitrogen and oxygen atoms in total. The van der Waals surface area contributed by atoms with Crippen LogP contribution in [0.2, 0.25) is 0 Å². The summed E-state index contributed by atoms with van der Waals surface area (Å²) in [5.41, 5.74) is 1.82. The second kappa shape index (κ2) is 7.43. The van der Waals surface area contributed by atoms with Gasteiger partial charge in [0.25, 0.3) is 5.91 Å². The molecular weight excluding hydrogens is 344 g/mol. The maximum Gasteiger partial charge on any atom is 0.255 e. The first-order chi connectivity index (χ1) is 11.7. The van der Waals surface area contributed by atoms with Gasteiger partial charge < -0.3 is 14.8 Å². The lowest BCUT2D eigenvalue weighted by atomic mass is 10.1. The highest BCUT2D eigenvalue weighted by atomic mass is 32.2. The van der Waals surface area contributed by atoms with Crippen molar-refractivity contribution >= 4 is 27.3 Å². The fraction of sp³-hybridized carbons (Fsp3) is 0.235. The Morgan fingerprint density at radius 3 is 2.32 bits per heavy atom. The molecule has 0 aliphatic heterocycles. The Morgan fingerprint density at radius 1 is 1.00 bits per heavy atom. The molecule has 0 saturated carbocycles. The highest BCUT2D eigenvalue weighted by Gasteiger charge is 2.13. The van der Waals surface area contributed by atoms with Crippen LogP contribution in [0.4, 0.5) is 11.4 Å². The first-order valence-electron chi connectivity index (χ1n) is 7.35. The Bertz CT molecular complexity index is 894. The molecular formula is C17H20N2O5S. The van der Waals surface area contributed by atoms with Crippen LogP contribution in [0.5, 0.6) is 11.5 Å². The average Bonchev–Trinajstić information content (AvgIpc) is 2.55. The molecule has 0 aliphatic carbocycles. The Kier molecular flexibility index (Phi) is 5.53. The predicted molar refractivity (Wildman–Crippen MR) is 97.1 cm³/mol. The normalized spacial score (nSPS) is 10.9. The summed E-state index contributed by atoms with van der Waals surface area (Å²) in [6.07, 6.45) is 1.06. The van der Waals surface area contributed by atoms with Crippen molar-refractivity contribution in [2.75, 3.05) is 30.5 Å². The van der Waals surface area contributed by atoms with E-state index < -0.39 is 15.9 Å². The maximum absolute atomic E-state index is 12.5. The number of hydrogen-bond donors (Lipinski definition) is 2. The number of ether oxygens (including phenoxy) is 2. The molecule has 0 radical (unpaired) electrons. The van der Waals surface area contributed by atoms with E-state index in [0.717, 1.165) is 6.26 Å². The molecule has 0 aliphatic rings. The van der Waals surface area contributed by atoms with Crippen molar-refractivity contribution in [3.05, 3.63) is 47.5 Å². The highest BCUT2D eigenvalue weighted by molar-refractivity contribution is 7.92. The van der Waals surface area contributed by atoms with Crippen LogP contribution in [0.25, 0.3) is 0 Å². The second-order valence-electron chi connectivity index (χ2n) is 5.42. The molecule has 2 aromatic carbocycles. The molecule has 0 fully saturated rings. The summed E-state index contributed by atoms with van der Waals surface area (Å²) in [4.78, 5) is 12.5. The number of aryl methyl sites for hydroxylation is 1. The molecule has 1 amide bonds. The van der Waals surface area contributed by atoms with Crippen LogP contribution in [-0.4, -0.2) is 34.8 Å². The Morgan fingerprint density at radius 2 is 1.72 bits per heavy atom. The number of methoxy groups -OCH3 is 2. The summed E-state index contributed by atoms with van der Waals surface area (Å²) in [6, 6.07) is 9.81. The van der Waals surface area contributed by atoms with Crippen molar-refractivity contribution < 1.29 is 22.7 Å². The van der Waals surface area contributed by atoms with E-state index in [1.54, 1.807) is 37.3 Å². The molecule has 2 rings (SSSR count). The lowest BCUT2D eigenvalue weighted by Crippen LogP contribution is -2.15. The van der Waals surface area contributed by atoms with Gasteiger partial charge in [-0.3, -0.25) is 9.52 Å². The van der Waals surface area contributed by atoms with Gasteiger partial charge in [0.05, 0.1) is 31.9 Å². The van der Waals surface area contributed by atoms with Crippen molar-refractivity contribution in [2.24, 2.45) is 0 Å². The van der Waals surface area contributed by atoms with Crippen molar-refractivity contribution in [1.29, 1.82) is 0 Å². The van der Waals surface area contributed by atoms with Crippen LogP contribution in [0.3, 0.4) is 0 Å². The predicted octanol–water partition coefficient (Wildman–Crippen LogP) is 2.64. The molecule has 25 heavy (non-hydrogen) atoms. The number of hydrogen-bond acceptors (Lipinski definition) is 5. The number of sulfonamides is 1. The fourth-order valence-electron chi connectivity index (χ4n) is 2.18. The van der Waals surface area contributed by atoms with E-state index in [1.807, 2.05) is 0 Å². The quantitative estimate of drug-likeness (QED) is 0.822. The van der Waals surface area contributed by atoms with E-state index >= 15 is 0 Å². The van der Waals surface area contributed by atoms with Gasteiger partial charge in [0, 0.05) is 11.6 Å². The van der Waals surface area contributed by atoms with Gasteiger partial charge >= 0.3 is 0 Å². The largest absolute Gasteiger partial charge is 0.497 e. The van der Waals surface area contributed by atoms with Crippen LogP contribution in [-0.2, 0) is 10.0 Å². The molecule has 8 heteroatoms. The van der Waals surface area contributed by atoms with Gasteiger partial charge in [-0.2, -0.15) is 0 Å². The number of rotatable bonds is 6. The first kappa shape index (κ1) is 18.6. The number of anilines is 2. The SMILES string of the molecule is COc1ccc(OC)c(NC(=O)c2ccc(C)c(NS(C)(=O)=O)c2)c1. The van der Waals surface area contributed by atoms with E-state index in [-0.39, 0.29) is 0 Å². The van der Waals surface area contributed by atoms with Crippen molar-refractivity contribution in [3.63, 3.8) is 0 Å². The van der Waals surface area contributed by atoms with E-state index in [0.29, 0.717) is 34.0 Å². The van der Waals surface area contributed by atoms with Crippen LogP contribution >= 0.6 is 0 Å². The summed E-state index contributed by atoms with van der Waals surface area (Å²) >= 11 is 0. The Balaban J connectivity index is 2.31. The third-order valence-corrected chi connectivity index (χ3v) is 4.04. The number of amides is 1. The van der Waals surface area contributed by atoms with Crippen LogP contribution < -0.4 is 19.5 Å². The zero-order valence-corrected chi connectivity index (χ0v) is 15.2. The van der Waals surface area contributed by atoms with E-state index in [4.69, 9.17) is 9.47 Å². The number of carbonyl (C=O) groups excluding carboxylic acids is 1. The van der Waals surface area contributed by atoms with Crippen LogP contribution in [0.1, 0.15) is 15.9 Å². The molecule has 0 unspecified atom stereocenters. The number of carbonyl (C=O) groups is 1. The number of benzene rings is 2. The van der Waals surface area contributed by atoms with Crippen molar-refractivity contribution in [3.8, 4) is 11.5 Å². The molecule has 134 valence electrons. The van der Waals surface area contributed by atoms with Gasteiger partial charge in [0.1, 0.15) is 11.5 Å². The fourth-order valence-corrected chi connectivity index (χ4v) is 2.80. The van der Waals surface area contributed by atoms with Gasteiger partial charge in [-0.25, -0.2) is 8.42 Å². The van der Waals surface area contributed by atoms with E-state index in [1.165, 1.54) is 20.3 Å². The molecule has 0 bridgehead atoms. The summed E-state index contributed by atoms with van der Waals surface area (Å²) < 4.78 is 35.6. The molecule has 0 atom stereocenters. The molecule has 0 spiro atoms. The maximum atomic E-state index is 12.5. The summed E-state index contributed by atoms with van der Waals surface area (Å²) in [5.74, 6) is 0.651. The average molecular weight is 364 g/mol. The Hall–Kier alpha value is -2.74. The smallest absolute Gasteiger partial charge is 0.255 e. The van der Waals surface area contributed by atoms with Gasteiger partial charge in [-0.1, -0.05) is 6.07 Å². The lowest BCUT2D eigenvalue weighted by Gasteiger charge is -2.13. The molecule has 0 saturated heterocycles. The highest BCUT2D eigenvalue weighted by Crippen LogP contribution is 2.29. The van der Waals surface area contributed by atoms with Crippen LogP contribution in [0, 0.1) is 6.92 Å². The third kappa shape index (κ3) is 4.87. The summed E-state index contributed by atoms with van der Waals surface area (Å²) in [7, 11) is -0.417. The minimum absolute atomic E-state index is 0.307. The molecule has 0 aromatic heterocycles. The van der Waals surface area contributed by atoms with E-state index in [2.05, 4.69) is 10.0 Å². The standard InChI is InChI=1S/C17H20N2O5S/c1-11-5-6-12(9-14(11)19-25(4,21)22)17(20)18-15-10-13(23-2)7-8-16(15)24-3/h5-10,19H,1-4H3,(H,18,20). The minimum Gasteiger partial charge on any atom is -0.497 e. The van der Waals surface area contributed by atoms with Gasteiger partial charge in [-0.15, -0.1) is 0 Å². The summed E-state index contributed by atoms with van der Waals surface area (Å²) in [5, 5.41) is 2.74. The third-order valence-electron chi connectivity index (χ3n) is 3.45. The summed E-state index contributed by atoms with van der Waals surface area (Å²) in [6.45, 7) is 1.75. The van der Waals surface area contributed by atoms with Crippen molar-refractivity contribution in [2.45, 2.75) is 6.92 Å². The van der Waals surface area contributed by atoms with Gasteiger partial charge in [0.2, 0.25) is 10.0 Å². The number of nitrogens with one attached hydrogen (secondary N) is 2. The minimum atomic E-state index is -3.44. The van der Waals surface area contributed by atoms with Crippen LogP contribution in [0.15, 0.2) is 36.4 Å². The topological polar surface area (TPSA) is 93.7 Å². The first-order valence-corrected chi connectivity index (χ1v) is 9.24. The molecule has 2 N–H and O–H groups in total. The Labute approximate surface area is 147 Å². The monoisotopic (exact) mass is 364 g/mol. The zero-order valence-electron chi connectivity index (χ0n) is 14.4. The van der Waals surface area contributed by atoms with Gasteiger partial charge in [0.15, 0.2) is 0 Å². The molecule has 2 aromatic rings. The van der Waals surface area contributed by atoms with Gasteiger partial charge in [-0.05, 0) is 36.8 Å². The molecule has 0 heterocycles. The lowest BCUT2D eigenvalue weighted by molar-refractivity contribution is 0.102. The second-order valence-corrected chi connectivity index (χ2v) is 7.17. The van der Waals surface area contributed by atoms with Crippen molar-refractivity contribution in [1.82, 2.24) is 0 Å². The van der Waals surface area contributed by atoms with E-state index in [9.17, 15) is 13.2 Å². The zero-order chi connectivity index (χ0) is 18.6.